The fourth-order valence-electron chi connectivity index (χ4n) is 2.53. The molecule has 2 unspecified atom stereocenters. The molecule has 104 valence electrons. The van der Waals surface area contributed by atoms with Gasteiger partial charge in [-0.05, 0) is 32.2 Å². The van der Waals surface area contributed by atoms with Gasteiger partial charge in [0, 0.05) is 26.1 Å². The molecule has 5 nitrogen and oxygen atoms in total. The Morgan fingerprint density at radius 1 is 1.50 bits per heavy atom. The summed E-state index contributed by atoms with van der Waals surface area (Å²) in [6.45, 7) is 1.81. The fraction of sp³-hybridized carbons (Fsp3) is 0.833. The van der Waals surface area contributed by atoms with Crippen molar-refractivity contribution in [1.82, 2.24) is 15.5 Å². The van der Waals surface area contributed by atoms with Crippen LogP contribution >= 0.6 is 12.4 Å². The molecule has 2 amide bonds. The quantitative estimate of drug-likeness (QED) is 0.775. The Hall–Kier alpha value is -0.810. The first-order chi connectivity index (χ1) is 8.16. The van der Waals surface area contributed by atoms with Gasteiger partial charge < -0.3 is 15.5 Å². The van der Waals surface area contributed by atoms with E-state index in [1.165, 1.54) is 12.8 Å². The molecule has 0 saturated carbocycles. The minimum Gasteiger partial charge on any atom is -0.344 e. The highest BCUT2D eigenvalue weighted by Crippen LogP contribution is 2.12. The molecule has 0 aliphatic carbocycles. The van der Waals surface area contributed by atoms with Crippen LogP contribution in [0.1, 0.15) is 32.1 Å². The predicted octanol–water partition coefficient (Wildman–Crippen LogP) is 0.287. The van der Waals surface area contributed by atoms with Gasteiger partial charge in [0.05, 0.1) is 0 Å². The van der Waals surface area contributed by atoms with Crippen molar-refractivity contribution >= 4 is 24.2 Å². The van der Waals surface area contributed by atoms with Gasteiger partial charge in [0.15, 0.2) is 0 Å². The zero-order chi connectivity index (χ0) is 12.3. The van der Waals surface area contributed by atoms with E-state index in [1.807, 2.05) is 0 Å². The summed E-state index contributed by atoms with van der Waals surface area (Å²) in [5.74, 6) is 0.0460. The van der Waals surface area contributed by atoms with Crippen LogP contribution in [0, 0.1) is 0 Å². The third-order valence-electron chi connectivity index (χ3n) is 3.64. The molecule has 0 spiro atoms. The van der Waals surface area contributed by atoms with Gasteiger partial charge in [-0.25, -0.2) is 0 Å². The Kier molecular flexibility index (Phi) is 5.88. The van der Waals surface area contributed by atoms with Crippen LogP contribution in [0.3, 0.4) is 0 Å². The minimum atomic E-state index is -0.288. The van der Waals surface area contributed by atoms with Crippen molar-refractivity contribution in [2.24, 2.45) is 0 Å². The van der Waals surface area contributed by atoms with Crippen LogP contribution in [-0.4, -0.2) is 48.9 Å². The van der Waals surface area contributed by atoms with Crippen LogP contribution in [0.25, 0.3) is 0 Å². The largest absolute Gasteiger partial charge is 0.344 e. The SMILES string of the molecule is CN1CCC(NC(=O)CCC2CCCN2)C1=O.Cl. The topological polar surface area (TPSA) is 61.4 Å². The van der Waals surface area contributed by atoms with Crippen molar-refractivity contribution in [3.05, 3.63) is 0 Å². The lowest BCUT2D eigenvalue weighted by Gasteiger charge is -2.13. The number of halogens is 1. The van der Waals surface area contributed by atoms with Gasteiger partial charge in [0.25, 0.3) is 0 Å². The molecule has 18 heavy (non-hydrogen) atoms. The highest BCUT2D eigenvalue weighted by atomic mass is 35.5. The highest BCUT2D eigenvalue weighted by molar-refractivity contribution is 5.88. The number of hydrogen-bond acceptors (Lipinski definition) is 3. The summed E-state index contributed by atoms with van der Waals surface area (Å²) >= 11 is 0. The number of rotatable bonds is 4. The minimum absolute atomic E-state index is 0. The number of nitrogens with one attached hydrogen (secondary N) is 2. The van der Waals surface area contributed by atoms with Crippen LogP contribution in [0.15, 0.2) is 0 Å². The van der Waals surface area contributed by atoms with E-state index in [4.69, 9.17) is 0 Å². The normalized spacial score (nSPS) is 27.2. The number of hydrogen-bond donors (Lipinski definition) is 2. The third-order valence-corrected chi connectivity index (χ3v) is 3.64. The average molecular weight is 276 g/mol. The average Bonchev–Trinajstić information content (AvgIpc) is 2.92. The molecule has 2 saturated heterocycles. The second-order valence-corrected chi connectivity index (χ2v) is 5.00. The van der Waals surface area contributed by atoms with Crippen LogP contribution in [0.4, 0.5) is 0 Å². The van der Waals surface area contributed by atoms with Crippen molar-refractivity contribution in [2.45, 2.75) is 44.2 Å². The molecule has 2 N–H and O–H groups in total. The monoisotopic (exact) mass is 275 g/mol. The van der Waals surface area contributed by atoms with Crippen molar-refractivity contribution in [3.8, 4) is 0 Å². The molecular formula is C12H22ClN3O2. The van der Waals surface area contributed by atoms with E-state index in [0.717, 1.165) is 25.9 Å². The summed E-state index contributed by atoms with van der Waals surface area (Å²) in [7, 11) is 1.77. The summed E-state index contributed by atoms with van der Waals surface area (Å²) < 4.78 is 0. The van der Waals surface area contributed by atoms with E-state index >= 15 is 0 Å². The van der Waals surface area contributed by atoms with Gasteiger partial charge in [-0.3, -0.25) is 9.59 Å². The number of carbonyl (C=O) groups is 2. The van der Waals surface area contributed by atoms with Gasteiger partial charge in [0.1, 0.15) is 6.04 Å². The van der Waals surface area contributed by atoms with Gasteiger partial charge in [-0.1, -0.05) is 0 Å². The summed E-state index contributed by atoms with van der Waals surface area (Å²) in [4.78, 5) is 25.0. The Bertz CT molecular complexity index is 306. The molecule has 0 aromatic heterocycles. The van der Waals surface area contributed by atoms with Crippen molar-refractivity contribution < 1.29 is 9.59 Å². The molecule has 2 aliphatic heterocycles. The summed E-state index contributed by atoms with van der Waals surface area (Å²) in [6, 6.07) is 0.201. The van der Waals surface area contributed by atoms with Crippen LogP contribution in [-0.2, 0) is 9.59 Å². The standard InChI is InChI=1S/C12H21N3O2.ClH/c1-15-8-6-10(12(15)17)14-11(16)5-4-9-3-2-7-13-9;/h9-10,13H,2-8H2,1H3,(H,14,16);1H. The van der Waals surface area contributed by atoms with Gasteiger partial charge in [-0.2, -0.15) is 0 Å². The van der Waals surface area contributed by atoms with E-state index in [1.54, 1.807) is 11.9 Å². The molecule has 0 bridgehead atoms. The molecule has 2 rings (SSSR count). The van der Waals surface area contributed by atoms with E-state index in [-0.39, 0.29) is 30.3 Å². The Balaban J connectivity index is 0.00000162. The number of nitrogens with zero attached hydrogens (tertiary/aromatic N) is 1. The molecule has 0 radical (unpaired) electrons. The molecule has 2 atom stereocenters. The van der Waals surface area contributed by atoms with E-state index in [2.05, 4.69) is 10.6 Å². The van der Waals surface area contributed by atoms with Crippen LogP contribution in [0.5, 0.6) is 0 Å². The lowest BCUT2D eigenvalue weighted by atomic mass is 10.1. The first kappa shape index (κ1) is 15.2. The number of amides is 2. The number of carbonyl (C=O) groups excluding carboxylic acids is 2. The fourth-order valence-corrected chi connectivity index (χ4v) is 2.53. The van der Waals surface area contributed by atoms with Crippen molar-refractivity contribution in [1.29, 1.82) is 0 Å². The first-order valence-corrected chi connectivity index (χ1v) is 6.44. The third kappa shape index (κ3) is 3.85. The van der Waals surface area contributed by atoms with Gasteiger partial charge in [0.2, 0.25) is 11.8 Å². The molecule has 2 aliphatic rings. The van der Waals surface area contributed by atoms with E-state index < -0.39 is 0 Å². The molecule has 6 heteroatoms. The molecule has 2 fully saturated rings. The maximum atomic E-state index is 11.7. The molecule has 0 aromatic rings. The molecular weight excluding hydrogens is 254 g/mol. The zero-order valence-electron chi connectivity index (χ0n) is 10.8. The second-order valence-electron chi connectivity index (χ2n) is 5.00. The summed E-state index contributed by atoms with van der Waals surface area (Å²) in [6.07, 6.45) is 4.51. The Morgan fingerprint density at radius 2 is 2.28 bits per heavy atom. The lowest BCUT2D eigenvalue weighted by molar-refractivity contribution is -0.131. The summed E-state index contributed by atoms with van der Waals surface area (Å²) in [5.41, 5.74) is 0. The van der Waals surface area contributed by atoms with Crippen molar-refractivity contribution in [2.75, 3.05) is 20.1 Å². The molecule has 2 heterocycles. The van der Waals surface area contributed by atoms with Crippen LogP contribution in [0.2, 0.25) is 0 Å². The predicted molar refractivity (Wildman–Crippen MR) is 71.7 cm³/mol. The number of likely N-dealkylation sites (tertiary alicyclic amines) is 1. The smallest absolute Gasteiger partial charge is 0.244 e. The van der Waals surface area contributed by atoms with Crippen LogP contribution < -0.4 is 10.6 Å². The Labute approximate surface area is 114 Å². The van der Waals surface area contributed by atoms with Gasteiger partial charge >= 0.3 is 0 Å². The Morgan fingerprint density at radius 3 is 2.83 bits per heavy atom. The number of likely N-dealkylation sites (N-methyl/N-ethyl adjacent to an activating group) is 1. The summed E-state index contributed by atoms with van der Waals surface area (Å²) in [5, 5.41) is 6.19. The zero-order valence-corrected chi connectivity index (χ0v) is 11.6. The van der Waals surface area contributed by atoms with Crippen molar-refractivity contribution in [3.63, 3.8) is 0 Å². The van der Waals surface area contributed by atoms with E-state index in [9.17, 15) is 9.59 Å². The maximum absolute atomic E-state index is 11.7. The highest BCUT2D eigenvalue weighted by Gasteiger charge is 2.30. The lowest BCUT2D eigenvalue weighted by Crippen LogP contribution is -2.40. The maximum Gasteiger partial charge on any atom is 0.244 e. The second kappa shape index (κ2) is 6.95. The van der Waals surface area contributed by atoms with E-state index in [0.29, 0.717) is 12.5 Å². The van der Waals surface area contributed by atoms with Gasteiger partial charge in [-0.15, -0.1) is 12.4 Å². The first-order valence-electron chi connectivity index (χ1n) is 6.44. The molecule has 0 aromatic carbocycles.